The molecule has 0 bridgehead atoms. The molecule has 0 aliphatic carbocycles. The van der Waals surface area contributed by atoms with Gasteiger partial charge in [-0.1, -0.05) is 60.7 Å². The summed E-state index contributed by atoms with van der Waals surface area (Å²) in [6, 6.07) is 25.2. The van der Waals surface area contributed by atoms with E-state index in [1.807, 2.05) is 61.5 Å². The lowest BCUT2D eigenvalue weighted by atomic mass is 9.92. The summed E-state index contributed by atoms with van der Waals surface area (Å²) < 4.78 is 0. The van der Waals surface area contributed by atoms with E-state index in [0.717, 1.165) is 38.9 Å². The smallest absolute Gasteiger partial charge is 0.254 e. The van der Waals surface area contributed by atoms with Gasteiger partial charge in [0, 0.05) is 36.3 Å². The van der Waals surface area contributed by atoms with E-state index in [1.165, 1.54) is 0 Å². The van der Waals surface area contributed by atoms with Crippen molar-refractivity contribution >= 4 is 28.6 Å². The average Bonchev–Trinajstić information content (AvgIpc) is 2.92. The van der Waals surface area contributed by atoms with Gasteiger partial charge in [-0.25, -0.2) is 0 Å². The zero-order valence-electron chi connectivity index (χ0n) is 20.7. The van der Waals surface area contributed by atoms with E-state index in [2.05, 4.69) is 22.8 Å². The van der Waals surface area contributed by atoms with Gasteiger partial charge in [0.05, 0.1) is 18.5 Å². The Morgan fingerprint density at radius 2 is 1.70 bits per heavy atom. The van der Waals surface area contributed by atoms with Crippen LogP contribution in [0.2, 0.25) is 0 Å². The predicted octanol–water partition coefficient (Wildman–Crippen LogP) is 3.64. The number of aryl methyl sites for hydroxylation is 1. The number of rotatable bonds is 6. The number of nitrogens with zero attached hydrogens (tertiary/aromatic N) is 2. The first-order chi connectivity index (χ1) is 18.0. The largest absolute Gasteiger partial charge is 0.353 e. The Bertz CT molecular complexity index is 1470. The van der Waals surface area contributed by atoms with Crippen molar-refractivity contribution in [2.75, 3.05) is 19.6 Å². The number of amides is 3. The van der Waals surface area contributed by atoms with Crippen LogP contribution in [0, 0.1) is 6.92 Å². The lowest BCUT2D eigenvalue weighted by Crippen LogP contribution is -2.49. The maximum absolute atomic E-state index is 13.0. The van der Waals surface area contributed by atoms with Crippen LogP contribution in [-0.4, -0.2) is 47.2 Å². The van der Waals surface area contributed by atoms with Gasteiger partial charge in [-0.05, 0) is 47.4 Å². The van der Waals surface area contributed by atoms with Gasteiger partial charge in [0.1, 0.15) is 0 Å². The molecule has 1 aliphatic heterocycles. The zero-order valence-corrected chi connectivity index (χ0v) is 20.7. The molecule has 1 fully saturated rings. The number of para-hydroxylation sites is 1. The molecule has 186 valence electrons. The average molecular weight is 493 g/mol. The molecule has 1 aliphatic rings. The zero-order chi connectivity index (χ0) is 25.8. The molecule has 0 unspecified atom stereocenters. The first kappa shape index (κ1) is 24.2. The second-order valence-electron chi connectivity index (χ2n) is 9.16. The molecule has 0 radical (unpaired) electrons. The fourth-order valence-electron chi connectivity index (χ4n) is 4.71. The first-order valence-electron chi connectivity index (χ1n) is 12.3. The molecule has 4 aromatic rings. The Morgan fingerprint density at radius 3 is 2.46 bits per heavy atom. The van der Waals surface area contributed by atoms with E-state index in [1.54, 1.807) is 17.0 Å². The molecule has 37 heavy (non-hydrogen) atoms. The Morgan fingerprint density at radius 1 is 0.973 bits per heavy atom. The standard InChI is InChI=1S/C30H28N4O3/c1-20-25(29(22-7-3-2-4-8-22)24-9-5-6-10-26(24)33-20)17-27(35)32-18-21-11-13-23(14-12-21)30(37)34-16-15-31-28(36)19-34/h2-14H,15-19H2,1H3,(H,31,36)(H,32,35). The number of aromatic nitrogens is 1. The Balaban J connectivity index is 1.30. The van der Waals surface area contributed by atoms with Gasteiger partial charge in [0.2, 0.25) is 11.8 Å². The van der Waals surface area contributed by atoms with Gasteiger partial charge >= 0.3 is 0 Å². The molecule has 5 rings (SSSR count). The van der Waals surface area contributed by atoms with Crippen molar-refractivity contribution in [2.45, 2.75) is 19.9 Å². The van der Waals surface area contributed by atoms with E-state index in [9.17, 15) is 14.4 Å². The van der Waals surface area contributed by atoms with Crippen LogP contribution in [0.3, 0.4) is 0 Å². The van der Waals surface area contributed by atoms with Crippen molar-refractivity contribution in [3.05, 3.63) is 101 Å². The van der Waals surface area contributed by atoms with Crippen molar-refractivity contribution in [1.82, 2.24) is 20.5 Å². The van der Waals surface area contributed by atoms with Gasteiger partial charge in [-0.2, -0.15) is 0 Å². The molecular weight excluding hydrogens is 464 g/mol. The fourth-order valence-corrected chi connectivity index (χ4v) is 4.71. The highest BCUT2D eigenvalue weighted by Gasteiger charge is 2.22. The number of carbonyl (C=O) groups is 3. The molecular formula is C30H28N4O3. The van der Waals surface area contributed by atoms with Crippen LogP contribution in [0.1, 0.15) is 27.2 Å². The van der Waals surface area contributed by atoms with E-state index >= 15 is 0 Å². The van der Waals surface area contributed by atoms with Crippen LogP contribution in [-0.2, 0) is 22.6 Å². The van der Waals surface area contributed by atoms with E-state index in [4.69, 9.17) is 4.98 Å². The number of piperazine rings is 1. The lowest BCUT2D eigenvalue weighted by Gasteiger charge is -2.26. The van der Waals surface area contributed by atoms with Crippen LogP contribution >= 0.6 is 0 Å². The number of nitrogens with one attached hydrogen (secondary N) is 2. The highest BCUT2D eigenvalue weighted by molar-refractivity contribution is 5.98. The second-order valence-corrected chi connectivity index (χ2v) is 9.16. The summed E-state index contributed by atoms with van der Waals surface area (Å²) in [4.78, 5) is 43.6. The first-order valence-corrected chi connectivity index (χ1v) is 12.3. The molecule has 3 aromatic carbocycles. The van der Waals surface area contributed by atoms with Gasteiger partial charge in [0.15, 0.2) is 0 Å². The molecule has 2 heterocycles. The van der Waals surface area contributed by atoms with Gasteiger partial charge in [0.25, 0.3) is 5.91 Å². The summed E-state index contributed by atoms with van der Waals surface area (Å²) in [6.07, 6.45) is 0.210. The molecule has 7 heteroatoms. The SMILES string of the molecule is Cc1nc2ccccc2c(-c2ccccc2)c1CC(=O)NCc1ccc(C(=O)N2CCNC(=O)C2)cc1. The molecule has 7 nitrogen and oxygen atoms in total. The number of hydrogen-bond acceptors (Lipinski definition) is 4. The number of carbonyl (C=O) groups excluding carboxylic acids is 3. The third-order valence-electron chi connectivity index (χ3n) is 6.62. The summed E-state index contributed by atoms with van der Waals surface area (Å²) in [5.74, 6) is -0.416. The van der Waals surface area contributed by atoms with Crippen LogP contribution in [0.4, 0.5) is 0 Å². The van der Waals surface area contributed by atoms with E-state index in [0.29, 0.717) is 25.2 Å². The molecule has 1 aromatic heterocycles. The number of benzene rings is 3. The van der Waals surface area contributed by atoms with Gasteiger partial charge in [-0.15, -0.1) is 0 Å². The maximum atomic E-state index is 13.0. The topological polar surface area (TPSA) is 91.4 Å². The summed E-state index contributed by atoms with van der Waals surface area (Å²) in [5.41, 5.74) is 6.15. The van der Waals surface area contributed by atoms with Gasteiger partial charge in [-0.3, -0.25) is 19.4 Å². The van der Waals surface area contributed by atoms with Crippen molar-refractivity contribution in [1.29, 1.82) is 0 Å². The maximum Gasteiger partial charge on any atom is 0.254 e. The summed E-state index contributed by atoms with van der Waals surface area (Å²) in [6.45, 7) is 3.33. The van der Waals surface area contributed by atoms with Crippen LogP contribution in [0.25, 0.3) is 22.0 Å². The molecule has 0 saturated carbocycles. The highest BCUT2D eigenvalue weighted by atomic mass is 16.2. The quantitative estimate of drug-likeness (QED) is 0.430. The monoisotopic (exact) mass is 492 g/mol. The normalized spacial score (nSPS) is 13.3. The van der Waals surface area contributed by atoms with Crippen LogP contribution in [0.15, 0.2) is 78.9 Å². The highest BCUT2D eigenvalue weighted by Crippen LogP contribution is 2.33. The van der Waals surface area contributed by atoms with Crippen molar-refractivity contribution in [3.63, 3.8) is 0 Å². The Labute approximate surface area is 215 Å². The van der Waals surface area contributed by atoms with E-state index < -0.39 is 0 Å². The second kappa shape index (κ2) is 10.6. The summed E-state index contributed by atoms with van der Waals surface area (Å²) in [7, 11) is 0. The molecule has 0 atom stereocenters. The number of hydrogen-bond donors (Lipinski definition) is 2. The fraction of sp³-hybridized carbons (Fsp3) is 0.200. The molecule has 0 spiro atoms. The minimum atomic E-state index is -0.168. The molecule has 3 amide bonds. The number of pyridine rings is 1. The summed E-state index contributed by atoms with van der Waals surface area (Å²) in [5, 5.41) is 6.75. The predicted molar refractivity (Wildman–Crippen MR) is 143 cm³/mol. The van der Waals surface area contributed by atoms with Crippen LogP contribution < -0.4 is 10.6 Å². The Kier molecular flexibility index (Phi) is 6.94. The number of fused-ring (bicyclic) bond motifs is 1. The van der Waals surface area contributed by atoms with Crippen molar-refractivity contribution in [3.8, 4) is 11.1 Å². The van der Waals surface area contributed by atoms with Crippen molar-refractivity contribution < 1.29 is 14.4 Å². The molecule has 1 saturated heterocycles. The van der Waals surface area contributed by atoms with Crippen LogP contribution in [0.5, 0.6) is 0 Å². The van der Waals surface area contributed by atoms with Gasteiger partial charge < -0.3 is 15.5 Å². The molecule has 2 N–H and O–H groups in total. The van der Waals surface area contributed by atoms with E-state index in [-0.39, 0.29) is 30.7 Å². The minimum Gasteiger partial charge on any atom is -0.353 e. The summed E-state index contributed by atoms with van der Waals surface area (Å²) >= 11 is 0. The Hall–Kier alpha value is -4.52. The lowest BCUT2D eigenvalue weighted by molar-refractivity contribution is -0.123. The van der Waals surface area contributed by atoms with Crippen molar-refractivity contribution in [2.24, 2.45) is 0 Å². The third kappa shape index (κ3) is 5.35. The minimum absolute atomic E-state index is 0.0741. The third-order valence-corrected chi connectivity index (χ3v) is 6.62.